The molecule has 4 nitrogen and oxygen atoms in total. The minimum Gasteiger partial charge on any atom is -0.468 e. The SMILES string of the molecule is C[C@@H](Sc1ccc(Cl)cc1)C(=O)NC[C@@H](c1ccco1)N1CCCC1. The second-order valence-electron chi connectivity index (χ2n) is 6.23. The maximum absolute atomic E-state index is 12.5. The van der Waals surface area contributed by atoms with Crippen molar-refractivity contribution in [1.82, 2.24) is 10.2 Å². The number of rotatable bonds is 7. The molecular weight excluding hydrogens is 356 g/mol. The maximum Gasteiger partial charge on any atom is 0.233 e. The molecule has 1 saturated heterocycles. The Labute approximate surface area is 157 Å². The fourth-order valence-electron chi connectivity index (χ4n) is 3.06. The lowest BCUT2D eigenvalue weighted by atomic mass is 10.2. The molecule has 6 heteroatoms. The molecule has 1 amide bonds. The summed E-state index contributed by atoms with van der Waals surface area (Å²) in [5.41, 5.74) is 0. The summed E-state index contributed by atoms with van der Waals surface area (Å²) in [5, 5.41) is 3.62. The van der Waals surface area contributed by atoms with Crippen molar-refractivity contribution in [3.8, 4) is 0 Å². The van der Waals surface area contributed by atoms with Gasteiger partial charge < -0.3 is 9.73 Å². The number of hydrogen-bond acceptors (Lipinski definition) is 4. The molecule has 0 radical (unpaired) electrons. The number of nitrogens with one attached hydrogen (secondary N) is 1. The molecular formula is C19H23ClN2O2S. The number of benzene rings is 1. The van der Waals surface area contributed by atoms with Crippen LogP contribution in [0, 0.1) is 0 Å². The van der Waals surface area contributed by atoms with Gasteiger partial charge >= 0.3 is 0 Å². The normalized spacial score (nSPS) is 17.4. The Hall–Kier alpha value is -1.43. The number of carbonyl (C=O) groups excluding carboxylic acids is 1. The number of nitrogens with zero attached hydrogens (tertiary/aromatic N) is 1. The largest absolute Gasteiger partial charge is 0.468 e. The third kappa shape index (κ3) is 5.03. The first-order chi connectivity index (χ1) is 12.1. The smallest absolute Gasteiger partial charge is 0.233 e. The molecule has 1 fully saturated rings. The quantitative estimate of drug-likeness (QED) is 0.727. The molecule has 0 aliphatic carbocycles. The summed E-state index contributed by atoms with van der Waals surface area (Å²) in [5.74, 6) is 0.955. The van der Waals surface area contributed by atoms with E-state index in [2.05, 4.69) is 10.2 Å². The lowest BCUT2D eigenvalue weighted by Gasteiger charge is -2.26. The van der Waals surface area contributed by atoms with Crippen LogP contribution in [0.25, 0.3) is 0 Å². The van der Waals surface area contributed by atoms with Gasteiger partial charge in [0.05, 0.1) is 17.6 Å². The zero-order valence-corrected chi connectivity index (χ0v) is 15.9. The topological polar surface area (TPSA) is 45.5 Å². The van der Waals surface area contributed by atoms with Gasteiger partial charge in [-0.25, -0.2) is 0 Å². The first kappa shape index (κ1) is 18.4. The molecule has 2 atom stereocenters. The van der Waals surface area contributed by atoms with Crippen LogP contribution in [0.5, 0.6) is 0 Å². The third-order valence-corrected chi connectivity index (χ3v) is 5.78. The highest BCUT2D eigenvalue weighted by atomic mass is 35.5. The molecule has 1 N–H and O–H groups in total. The Kier molecular flexibility index (Phi) is 6.45. The average molecular weight is 379 g/mol. The van der Waals surface area contributed by atoms with Crippen molar-refractivity contribution < 1.29 is 9.21 Å². The van der Waals surface area contributed by atoms with E-state index in [0.29, 0.717) is 11.6 Å². The van der Waals surface area contributed by atoms with Crippen molar-refractivity contribution in [2.75, 3.05) is 19.6 Å². The second kappa shape index (κ2) is 8.79. The van der Waals surface area contributed by atoms with Crippen LogP contribution in [-0.4, -0.2) is 35.7 Å². The van der Waals surface area contributed by atoms with Crippen molar-refractivity contribution in [1.29, 1.82) is 0 Å². The monoisotopic (exact) mass is 378 g/mol. The fraction of sp³-hybridized carbons (Fsp3) is 0.421. The number of thioether (sulfide) groups is 1. The Morgan fingerprint density at radius 3 is 2.64 bits per heavy atom. The van der Waals surface area contributed by atoms with Gasteiger partial charge in [-0.3, -0.25) is 9.69 Å². The molecule has 0 spiro atoms. The highest BCUT2D eigenvalue weighted by Crippen LogP contribution is 2.27. The minimum atomic E-state index is -0.169. The molecule has 0 saturated carbocycles. The van der Waals surface area contributed by atoms with Crippen molar-refractivity contribution in [2.45, 2.75) is 36.0 Å². The van der Waals surface area contributed by atoms with E-state index in [4.69, 9.17) is 16.0 Å². The van der Waals surface area contributed by atoms with Gasteiger partial charge in [-0.15, -0.1) is 11.8 Å². The molecule has 134 valence electrons. The zero-order valence-electron chi connectivity index (χ0n) is 14.3. The van der Waals surface area contributed by atoms with E-state index in [-0.39, 0.29) is 17.2 Å². The number of carbonyl (C=O) groups is 1. The third-order valence-electron chi connectivity index (χ3n) is 4.42. The summed E-state index contributed by atoms with van der Waals surface area (Å²) in [6, 6.07) is 11.6. The standard InChI is InChI=1S/C19H23ClN2O2S/c1-14(25-16-8-6-15(20)7-9-16)19(23)21-13-17(18-5-4-12-24-18)22-10-2-3-11-22/h4-9,12,14,17H,2-3,10-11,13H2,1H3,(H,21,23)/t14-,17+/m1/s1. The summed E-state index contributed by atoms with van der Waals surface area (Å²) >= 11 is 7.44. The lowest BCUT2D eigenvalue weighted by molar-refractivity contribution is -0.120. The average Bonchev–Trinajstić information content (AvgIpc) is 3.31. The molecule has 0 bridgehead atoms. The van der Waals surface area contributed by atoms with Gasteiger partial charge in [0, 0.05) is 16.5 Å². The van der Waals surface area contributed by atoms with E-state index in [0.717, 1.165) is 23.7 Å². The van der Waals surface area contributed by atoms with Gasteiger partial charge in [-0.1, -0.05) is 11.6 Å². The second-order valence-corrected chi connectivity index (χ2v) is 8.08. The van der Waals surface area contributed by atoms with Crippen LogP contribution in [0.2, 0.25) is 5.02 Å². The molecule has 2 aromatic rings. The highest BCUT2D eigenvalue weighted by molar-refractivity contribution is 8.00. The van der Waals surface area contributed by atoms with Crippen molar-refractivity contribution in [2.24, 2.45) is 0 Å². The van der Waals surface area contributed by atoms with Gasteiger partial charge in [-0.05, 0) is 69.3 Å². The molecule has 25 heavy (non-hydrogen) atoms. The van der Waals surface area contributed by atoms with E-state index >= 15 is 0 Å². The van der Waals surface area contributed by atoms with Gasteiger partial charge in [0.2, 0.25) is 5.91 Å². The molecule has 2 heterocycles. The number of hydrogen-bond donors (Lipinski definition) is 1. The number of amides is 1. The number of halogens is 1. The Morgan fingerprint density at radius 2 is 2.00 bits per heavy atom. The van der Waals surface area contributed by atoms with Crippen molar-refractivity contribution >= 4 is 29.3 Å². The van der Waals surface area contributed by atoms with Crippen LogP contribution in [0.4, 0.5) is 0 Å². The van der Waals surface area contributed by atoms with Crippen molar-refractivity contribution in [3.63, 3.8) is 0 Å². The van der Waals surface area contributed by atoms with E-state index in [1.165, 1.54) is 24.6 Å². The van der Waals surface area contributed by atoms with Gasteiger partial charge in [0.15, 0.2) is 0 Å². The predicted molar refractivity (Wildman–Crippen MR) is 102 cm³/mol. The van der Waals surface area contributed by atoms with Gasteiger partial charge in [0.25, 0.3) is 0 Å². The Balaban J connectivity index is 1.56. The molecule has 3 rings (SSSR count). The molecule has 1 aromatic carbocycles. The first-order valence-electron chi connectivity index (χ1n) is 8.61. The number of likely N-dealkylation sites (tertiary alicyclic amines) is 1. The van der Waals surface area contributed by atoms with E-state index in [9.17, 15) is 4.79 Å². The van der Waals surface area contributed by atoms with Crippen LogP contribution < -0.4 is 5.32 Å². The van der Waals surface area contributed by atoms with Crippen LogP contribution in [0.1, 0.15) is 31.6 Å². The first-order valence-corrected chi connectivity index (χ1v) is 9.86. The fourth-order valence-corrected chi connectivity index (χ4v) is 4.07. The summed E-state index contributed by atoms with van der Waals surface area (Å²) in [7, 11) is 0. The minimum absolute atomic E-state index is 0.0377. The Morgan fingerprint density at radius 1 is 1.28 bits per heavy atom. The Bertz CT molecular complexity index is 669. The van der Waals surface area contributed by atoms with E-state index in [1.54, 1.807) is 6.26 Å². The van der Waals surface area contributed by atoms with Gasteiger partial charge in [-0.2, -0.15) is 0 Å². The molecule has 0 unspecified atom stereocenters. The van der Waals surface area contributed by atoms with Crippen LogP contribution in [0.3, 0.4) is 0 Å². The zero-order chi connectivity index (χ0) is 17.6. The summed E-state index contributed by atoms with van der Waals surface area (Å²) in [4.78, 5) is 15.9. The van der Waals surface area contributed by atoms with Crippen molar-refractivity contribution in [3.05, 3.63) is 53.4 Å². The maximum atomic E-state index is 12.5. The van der Waals surface area contributed by atoms with Crippen LogP contribution in [-0.2, 0) is 4.79 Å². The van der Waals surface area contributed by atoms with Crippen LogP contribution in [0.15, 0.2) is 52.0 Å². The number of furan rings is 1. The van der Waals surface area contributed by atoms with E-state index in [1.807, 2.05) is 43.3 Å². The summed E-state index contributed by atoms with van der Waals surface area (Å²) in [6.45, 7) is 4.59. The summed E-state index contributed by atoms with van der Waals surface area (Å²) in [6.07, 6.45) is 4.10. The van der Waals surface area contributed by atoms with Crippen LogP contribution >= 0.6 is 23.4 Å². The highest BCUT2D eigenvalue weighted by Gasteiger charge is 2.26. The molecule has 1 aromatic heterocycles. The predicted octanol–water partition coefficient (Wildman–Crippen LogP) is 4.37. The van der Waals surface area contributed by atoms with Gasteiger partial charge in [0.1, 0.15) is 5.76 Å². The molecule has 1 aliphatic heterocycles. The lowest BCUT2D eigenvalue weighted by Crippen LogP contribution is -2.39. The summed E-state index contributed by atoms with van der Waals surface area (Å²) < 4.78 is 5.60. The molecule has 1 aliphatic rings. The van der Waals surface area contributed by atoms with E-state index < -0.39 is 0 Å².